The molecule has 0 aliphatic heterocycles. The van der Waals surface area contributed by atoms with Crippen molar-refractivity contribution in [2.75, 3.05) is 0 Å². The Kier molecular flexibility index (Phi) is 4.17. The number of benzene rings is 2. The number of nitrogens with zero attached hydrogens (tertiary/aromatic N) is 1. The van der Waals surface area contributed by atoms with Gasteiger partial charge in [0.15, 0.2) is 0 Å². The number of rotatable bonds is 3. The molecule has 1 heterocycles. The second-order valence-corrected chi connectivity index (χ2v) is 6.81. The summed E-state index contributed by atoms with van der Waals surface area (Å²) in [4.78, 5) is 4.76. The molecular weight excluding hydrogens is 290 g/mol. The predicted octanol–water partition coefficient (Wildman–Crippen LogP) is 5.53. The molecule has 0 N–H and O–H groups in total. The van der Waals surface area contributed by atoms with E-state index in [-0.39, 0.29) is 0 Å². The number of hydrogen-bond acceptors (Lipinski definition) is 1. The monoisotopic (exact) mass is 313 g/mol. The molecule has 120 valence electrons. The van der Waals surface area contributed by atoms with Crippen molar-refractivity contribution in [1.29, 1.82) is 0 Å². The van der Waals surface area contributed by atoms with E-state index in [0.717, 1.165) is 12.1 Å². The summed E-state index contributed by atoms with van der Waals surface area (Å²) >= 11 is 0. The Bertz CT molecular complexity index is 849. The maximum absolute atomic E-state index is 4.76. The largest absolute Gasteiger partial charge is 0.256 e. The minimum atomic E-state index is 0.969. The van der Waals surface area contributed by atoms with Crippen LogP contribution in [0.15, 0.2) is 60.8 Å². The third-order valence-electron chi connectivity index (χ3n) is 5.12. The number of pyridine rings is 1. The first-order valence-electron chi connectivity index (χ1n) is 8.92. The number of fused-ring (bicyclic) bond motifs is 1. The van der Waals surface area contributed by atoms with Gasteiger partial charge < -0.3 is 0 Å². The summed E-state index contributed by atoms with van der Waals surface area (Å²) in [7, 11) is 0. The van der Waals surface area contributed by atoms with Crippen LogP contribution in [0.25, 0.3) is 11.3 Å². The minimum absolute atomic E-state index is 0.969. The van der Waals surface area contributed by atoms with E-state index >= 15 is 0 Å². The van der Waals surface area contributed by atoms with Crippen molar-refractivity contribution in [2.45, 2.75) is 39.0 Å². The average Bonchev–Trinajstić information content (AvgIpc) is 2.64. The summed E-state index contributed by atoms with van der Waals surface area (Å²) < 4.78 is 0. The molecule has 1 nitrogen and oxygen atoms in total. The highest BCUT2D eigenvalue weighted by atomic mass is 14.7. The van der Waals surface area contributed by atoms with Crippen LogP contribution in [0.1, 0.15) is 40.7 Å². The molecule has 3 aromatic rings. The number of aromatic nitrogens is 1. The van der Waals surface area contributed by atoms with Crippen LogP contribution in [0.2, 0.25) is 0 Å². The van der Waals surface area contributed by atoms with E-state index in [2.05, 4.69) is 61.5 Å². The SMILES string of the molecule is Cc1cnc(-c2cccc3c2CCCC3)cc1Cc1ccccc1. The third kappa shape index (κ3) is 2.99. The van der Waals surface area contributed by atoms with Gasteiger partial charge in [-0.05, 0) is 72.9 Å². The molecule has 0 amide bonds. The highest BCUT2D eigenvalue weighted by molar-refractivity contribution is 5.67. The fourth-order valence-electron chi connectivity index (χ4n) is 3.74. The van der Waals surface area contributed by atoms with Gasteiger partial charge in [0.2, 0.25) is 0 Å². The molecule has 0 saturated carbocycles. The second-order valence-electron chi connectivity index (χ2n) is 6.81. The van der Waals surface area contributed by atoms with Crippen molar-refractivity contribution in [1.82, 2.24) is 4.98 Å². The first-order valence-corrected chi connectivity index (χ1v) is 8.92. The minimum Gasteiger partial charge on any atom is -0.256 e. The van der Waals surface area contributed by atoms with Crippen LogP contribution >= 0.6 is 0 Å². The molecule has 24 heavy (non-hydrogen) atoms. The molecule has 1 aliphatic rings. The molecule has 0 saturated heterocycles. The zero-order valence-corrected chi connectivity index (χ0v) is 14.3. The van der Waals surface area contributed by atoms with Crippen LogP contribution in [0, 0.1) is 6.92 Å². The topological polar surface area (TPSA) is 12.9 Å². The summed E-state index contributed by atoms with van der Waals surface area (Å²) in [6.45, 7) is 2.16. The Labute approximate surface area is 144 Å². The van der Waals surface area contributed by atoms with E-state index in [1.165, 1.54) is 59.1 Å². The Hall–Kier alpha value is -2.41. The molecule has 4 rings (SSSR count). The van der Waals surface area contributed by atoms with Gasteiger partial charge in [0.05, 0.1) is 5.69 Å². The molecule has 1 aliphatic carbocycles. The maximum atomic E-state index is 4.76. The molecule has 0 radical (unpaired) electrons. The van der Waals surface area contributed by atoms with Crippen LogP contribution in [-0.2, 0) is 19.3 Å². The van der Waals surface area contributed by atoms with E-state index in [1.807, 2.05) is 6.20 Å². The van der Waals surface area contributed by atoms with E-state index < -0.39 is 0 Å². The fourth-order valence-corrected chi connectivity index (χ4v) is 3.74. The van der Waals surface area contributed by atoms with Crippen LogP contribution in [0.3, 0.4) is 0 Å². The third-order valence-corrected chi connectivity index (χ3v) is 5.12. The van der Waals surface area contributed by atoms with Crippen molar-refractivity contribution < 1.29 is 0 Å². The Morgan fingerprint density at radius 3 is 2.62 bits per heavy atom. The Morgan fingerprint density at radius 2 is 1.75 bits per heavy atom. The molecule has 0 unspecified atom stereocenters. The predicted molar refractivity (Wildman–Crippen MR) is 100 cm³/mol. The quantitative estimate of drug-likeness (QED) is 0.620. The summed E-state index contributed by atoms with van der Waals surface area (Å²) in [5, 5.41) is 0. The van der Waals surface area contributed by atoms with Gasteiger partial charge in [-0.25, -0.2) is 0 Å². The molecule has 0 fully saturated rings. The standard InChI is InChI=1S/C23H23N/c1-17-16-24-23(15-20(17)14-18-8-3-2-4-9-18)22-13-7-11-19-10-5-6-12-21(19)22/h2-4,7-9,11,13,15-16H,5-6,10,12,14H2,1H3. The molecular formula is C23H23N. The highest BCUT2D eigenvalue weighted by Gasteiger charge is 2.15. The molecule has 1 aromatic heterocycles. The van der Waals surface area contributed by atoms with E-state index in [9.17, 15) is 0 Å². The summed E-state index contributed by atoms with van der Waals surface area (Å²) in [6, 6.07) is 19.7. The second kappa shape index (κ2) is 6.60. The summed E-state index contributed by atoms with van der Waals surface area (Å²) in [5.74, 6) is 0. The van der Waals surface area contributed by atoms with E-state index in [1.54, 1.807) is 0 Å². The zero-order chi connectivity index (χ0) is 16.4. The van der Waals surface area contributed by atoms with Crippen molar-refractivity contribution in [3.63, 3.8) is 0 Å². The summed E-state index contributed by atoms with van der Waals surface area (Å²) in [6.07, 6.45) is 8.03. The van der Waals surface area contributed by atoms with Gasteiger partial charge in [0.1, 0.15) is 0 Å². The molecule has 0 bridgehead atoms. The van der Waals surface area contributed by atoms with Crippen molar-refractivity contribution >= 4 is 0 Å². The summed E-state index contributed by atoms with van der Waals surface area (Å²) in [5.41, 5.74) is 9.50. The Morgan fingerprint density at radius 1 is 0.917 bits per heavy atom. The van der Waals surface area contributed by atoms with Gasteiger partial charge in [-0.15, -0.1) is 0 Å². The van der Waals surface area contributed by atoms with Gasteiger partial charge >= 0.3 is 0 Å². The van der Waals surface area contributed by atoms with Gasteiger partial charge in [-0.3, -0.25) is 4.98 Å². The van der Waals surface area contributed by atoms with Gasteiger partial charge in [0, 0.05) is 11.8 Å². The zero-order valence-electron chi connectivity index (χ0n) is 14.3. The fraction of sp³-hybridized carbons (Fsp3) is 0.261. The lowest BCUT2D eigenvalue weighted by Gasteiger charge is -2.19. The lowest BCUT2D eigenvalue weighted by atomic mass is 9.86. The van der Waals surface area contributed by atoms with Gasteiger partial charge in [-0.2, -0.15) is 0 Å². The van der Waals surface area contributed by atoms with Crippen LogP contribution < -0.4 is 0 Å². The van der Waals surface area contributed by atoms with Gasteiger partial charge in [-0.1, -0.05) is 48.5 Å². The van der Waals surface area contributed by atoms with E-state index in [0.29, 0.717) is 0 Å². The normalized spacial score (nSPS) is 13.5. The van der Waals surface area contributed by atoms with Crippen molar-refractivity contribution in [2.24, 2.45) is 0 Å². The molecule has 2 aromatic carbocycles. The van der Waals surface area contributed by atoms with Crippen molar-refractivity contribution in [3.8, 4) is 11.3 Å². The lowest BCUT2D eigenvalue weighted by Crippen LogP contribution is -2.05. The highest BCUT2D eigenvalue weighted by Crippen LogP contribution is 2.31. The Balaban J connectivity index is 1.74. The maximum Gasteiger partial charge on any atom is 0.0707 e. The van der Waals surface area contributed by atoms with Gasteiger partial charge in [0.25, 0.3) is 0 Å². The molecule has 0 spiro atoms. The molecule has 1 heteroatoms. The van der Waals surface area contributed by atoms with Crippen LogP contribution in [-0.4, -0.2) is 4.98 Å². The van der Waals surface area contributed by atoms with E-state index in [4.69, 9.17) is 4.98 Å². The van der Waals surface area contributed by atoms with Crippen LogP contribution in [0.4, 0.5) is 0 Å². The smallest absolute Gasteiger partial charge is 0.0707 e. The first kappa shape index (κ1) is 15.1. The lowest BCUT2D eigenvalue weighted by molar-refractivity contribution is 0.686. The average molecular weight is 313 g/mol. The molecule has 0 atom stereocenters. The number of aryl methyl sites for hydroxylation is 2. The first-order chi connectivity index (χ1) is 11.8. The number of hydrogen-bond donors (Lipinski definition) is 0. The van der Waals surface area contributed by atoms with Crippen molar-refractivity contribution in [3.05, 3.63) is 88.6 Å². The van der Waals surface area contributed by atoms with Crippen LogP contribution in [0.5, 0.6) is 0 Å².